The van der Waals surface area contributed by atoms with Crippen LogP contribution < -0.4 is 4.80 Å². The highest BCUT2D eigenvalue weighted by Crippen LogP contribution is 2.31. The van der Waals surface area contributed by atoms with Crippen molar-refractivity contribution in [2.45, 2.75) is 26.7 Å². The number of aromatic nitrogens is 2. The van der Waals surface area contributed by atoms with E-state index in [0.29, 0.717) is 16.0 Å². The minimum absolute atomic E-state index is 0.409. The van der Waals surface area contributed by atoms with E-state index in [4.69, 9.17) is 33.3 Å². The molecule has 0 amide bonds. The molecule has 2 aromatic heterocycles. The summed E-state index contributed by atoms with van der Waals surface area (Å²) in [5.41, 5.74) is 2.46. The lowest BCUT2D eigenvalue weighted by Crippen LogP contribution is -2.13. The normalized spacial score (nSPS) is 12.4. The predicted octanol–water partition coefficient (Wildman–Crippen LogP) is 6.42. The monoisotopic (exact) mass is 418 g/mol. The van der Waals surface area contributed by atoms with Crippen LogP contribution in [0, 0.1) is 5.92 Å². The molecular weight excluding hydrogens is 399 g/mol. The first-order valence-electron chi connectivity index (χ1n) is 8.77. The molecule has 3 aromatic rings. The maximum absolute atomic E-state index is 6.43. The Balaban J connectivity index is 2.17. The van der Waals surface area contributed by atoms with E-state index in [1.54, 1.807) is 24.5 Å². The Morgan fingerprint density at radius 3 is 2.74 bits per heavy atom. The molecule has 7 heteroatoms. The maximum atomic E-state index is 6.43. The lowest BCUT2D eigenvalue weighted by Gasteiger charge is -2.08. The molecule has 0 aliphatic heterocycles. The van der Waals surface area contributed by atoms with E-state index in [0.717, 1.165) is 34.6 Å². The molecule has 4 nitrogen and oxygen atoms in total. The molecular formula is C20H20Cl2N4S. The molecule has 27 heavy (non-hydrogen) atoms. The molecule has 0 N–H and O–H groups in total. The van der Waals surface area contributed by atoms with Crippen molar-refractivity contribution in [3.63, 3.8) is 0 Å². The fraction of sp³-hybridized carbons (Fsp3) is 0.250. The summed E-state index contributed by atoms with van der Waals surface area (Å²) in [5.74, 6) is 0.409. The average Bonchev–Trinajstić information content (AvgIpc) is 3.07. The average molecular weight is 419 g/mol. The molecule has 0 spiro atoms. The fourth-order valence-corrected chi connectivity index (χ4v) is 3.79. The highest BCUT2D eigenvalue weighted by Gasteiger charge is 2.12. The van der Waals surface area contributed by atoms with Crippen molar-refractivity contribution < 1.29 is 0 Å². The summed E-state index contributed by atoms with van der Waals surface area (Å²) in [5, 5.41) is 7.98. The van der Waals surface area contributed by atoms with Crippen LogP contribution in [0.15, 0.2) is 58.2 Å². The van der Waals surface area contributed by atoms with Gasteiger partial charge in [-0.15, -0.1) is 11.3 Å². The zero-order valence-electron chi connectivity index (χ0n) is 15.1. The van der Waals surface area contributed by atoms with Crippen molar-refractivity contribution in [2.75, 3.05) is 0 Å². The summed E-state index contributed by atoms with van der Waals surface area (Å²) in [4.78, 5) is 9.57. The summed E-state index contributed by atoms with van der Waals surface area (Å²) in [6, 6.07) is 9.19. The van der Waals surface area contributed by atoms with Crippen molar-refractivity contribution in [2.24, 2.45) is 16.0 Å². The number of hydrogen-bond donors (Lipinski definition) is 0. The van der Waals surface area contributed by atoms with Crippen molar-refractivity contribution in [1.29, 1.82) is 0 Å². The molecule has 0 fully saturated rings. The van der Waals surface area contributed by atoms with Gasteiger partial charge in [0.2, 0.25) is 4.80 Å². The van der Waals surface area contributed by atoms with Crippen LogP contribution in [0.4, 0.5) is 5.69 Å². The predicted molar refractivity (Wildman–Crippen MR) is 115 cm³/mol. The van der Waals surface area contributed by atoms with Gasteiger partial charge in [-0.05, 0) is 49.1 Å². The summed E-state index contributed by atoms with van der Waals surface area (Å²) < 4.78 is 1.83. The molecule has 0 saturated heterocycles. The molecule has 3 rings (SSSR count). The van der Waals surface area contributed by atoms with Gasteiger partial charge in [0.05, 0.1) is 22.6 Å². The summed E-state index contributed by atoms with van der Waals surface area (Å²) in [6.45, 7) is 4.32. The van der Waals surface area contributed by atoms with E-state index in [2.05, 4.69) is 18.8 Å². The Kier molecular flexibility index (Phi) is 6.83. The van der Waals surface area contributed by atoms with Gasteiger partial charge < -0.3 is 0 Å². The van der Waals surface area contributed by atoms with Gasteiger partial charge in [0.25, 0.3) is 0 Å². The van der Waals surface area contributed by atoms with Gasteiger partial charge in [-0.25, -0.2) is 9.67 Å². The van der Waals surface area contributed by atoms with E-state index < -0.39 is 0 Å². The Morgan fingerprint density at radius 1 is 1.22 bits per heavy atom. The molecule has 0 bridgehead atoms. The third-order valence-corrected chi connectivity index (χ3v) is 5.58. The first-order chi connectivity index (χ1) is 13.1. The Bertz CT molecular complexity index is 989. The standard InChI is InChI=1S/C20H20Cl2N4S/c1-3-14(4-2)11-24-26-19(17-10-15(21)7-8-18(17)22)13-27-20(26)25-16-6-5-9-23-12-16/h5-14H,3-4H2,1-2H3. The summed E-state index contributed by atoms with van der Waals surface area (Å²) in [6.07, 6.45) is 7.50. The second-order valence-electron chi connectivity index (χ2n) is 6.00. The molecule has 0 atom stereocenters. The first-order valence-corrected chi connectivity index (χ1v) is 10.4. The number of hydrogen-bond acceptors (Lipinski definition) is 4. The van der Waals surface area contributed by atoms with Crippen LogP contribution in [0.25, 0.3) is 11.3 Å². The van der Waals surface area contributed by atoms with E-state index in [9.17, 15) is 0 Å². The number of thiazole rings is 1. The molecule has 0 aliphatic carbocycles. The highest BCUT2D eigenvalue weighted by atomic mass is 35.5. The van der Waals surface area contributed by atoms with Gasteiger partial charge in [-0.3, -0.25) is 4.98 Å². The molecule has 0 unspecified atom stereocenters. The summed E-state index contributed by atoms with van der Waals surface area (Å²) >= 11 is 14.1. The van der Waals surface area contributed by atoms with E-state index in [1.807, 2.05) is 34.5 Å². The van der Waals surface area contributed by atoms with Crippen molar-refractivity contribution >= 4 is 46.4 Å². The number of rotatable bonds is 6. The zero-order valence-corrected chi connectivity index (χ0v) is 17.5. The Labute approximate surface area is 172 Å². The maximum Gasteiger partial charge on any atom is 0.211 e. The second kappa shape index (κ2) is 9.31. The zero-order chi connectivity index (χ0) is 19.2. The van der Waals surface area contributed by atoms with Gasteiger partial charge in [0.15, 0.2) is 0 Å². The molecule has 0 radical (unpaired) electrons. The Hall–Kier alpha value is -1.95. The molecule has 140 valence electrons. The van der Waals surface area contributed by atoms with Gasteiger partial charge in [0, 0.05) is 28.4 Å². The van der Waals surface area contributed by atoms with Crippen LogP contribution in [0.1, 0.15) is 26.7 Å². The molecule has 1 aromatic carbocycles. The lowest BCUT2D eigenvalue weighted by molar-refractivity contribution is 0.647. The van der Waals surface area contributed by atoms with Crippen LogP contribution in [0.3, 0.4) is 0 Å². The molecule has 2 heterocycles. The van der Waals surface area contributed by atoms with E-state index in [-0.39, 0.29) is 0 Å². The third-order valence-electron chi connectivity index (χ3n) is 4.20. The first kappa shape index (κ1) is 19.8. The number of pyridine rings is 1. The minimum Gasteiger partial charge on any atom is -0.262 e. The number of halogens is 2. The fourth-order valence-electron chi connectivity index (χ4n) is 2.56. The summed E-state index contributed by atoms with van der Waals surface area (Å²) in [7, 11) is 0. The molecule has 0 saturated carbocycles. The van der Waals surface area contributed by atoms with Gasteiger partial charge in [-0.1, -0.05) is 37.0 Å². The van der Waals surface area contributed by atoms with E-state index >= 15 is 0 Å². The quantitative estimate of drug-likeness (QED) is 0.425. The van der Waals surface area contributed by atoms with Crippen molar-refractivity contribution in [1.82, 2.24) is 9.66 Å². The largest absolute Gasteiger partial charge is 0.262 e. The van der Waals surface area contributed by atoms with E-state index in [1.165, 1.54) is 11.3 Å². The Morgan fingerprint density at radius 2 is 2.04 bits per heavy atom. The SMILES string of the molecule is CCC(C=Nn1c(-c2cc(Cl)ccc2Cl)csc1=Nc1cccnc1)CC. The second-order valence-corrected chi connectivity index (χ2v) is 7.68. The van der Waals surface area contributed by atoms with Crippen molar-refractivity contribution in [3.8, 4) is 11.3 Å². The number of benzene rings is 1. The van der Waals surface area contributed by atoms with Crippen LogP contribution in [-0.4, -0.2) is 15.9 Å². The van der Waals surface area contributed by atoms with Gasteiger partial charge in [0.1, 0.15) is 0 Å². The highest BCUT2D eigenvalue weighted by molar-refractivity contribution is 7.07. The molecule has 0 aliphatic rings. The van der Waals surface area contributed by atoms with Crippen LogP contribution in [0.5, 0.6) is 0 Å². The topological polar surface area (TPSA) is 42.5 Å². The third kappa shape index (κ3) is 4.86. The van der Waals surface area contributed by atoms with Crippen LogP contribution >= 0.6 is 34.5 Å². The van der Waals surface area contributed by atoms with Gasteiger partial charge >= 0.3 is 0 Å². The number of nitrogens with zero attached hydrogens (tertiary/aromatic N) is 4. The smallest absolute Gasteiger partial charge is 0.211 e. The minimum atomic E-state index is 0.409. The van der Waals surface area contributed by atoms with Crippen LogP contribution in [0.2, 0.25) is 10.0 Å². The van der Waals surface area contributed by atoms with Crippen molar-refractivity contribution in [3.05, 3.63) is 63.0 Å². The van der Waals surface area contributed by atoms with Crippen LogP contribution in [-0.2, 0) is 0 Å². The van der Waals surface area contributed by atoms with Gasteiger partial charge in [-0.2, -0.15) is 5.10 Å². The lowest BCUT2D eigenvalue weighted by atomic mass is 10.1.